The second-order valence-electron chi connectivity index (χ2n) is 8.21. The van der Waals surface area contributed by atoms with Crippen LogP contribution in [-0.4, -0.2) is 52.5 Å². The van der Waals surface area contributed by atoms with Crippen LogP contribution in [0.5, 0.6) is 0 Å². The fourth-order valence-electron chi connectivity index (χ4n) is 4.83. The van der Waals surface area contributed by atoms with E-state index in [4.69, 9.17) is 0 Å². The predicted octanol–water partition coefficient (Wildman–Crippen LogP) is 3.87. The Morgan fingerprint density at radius 3 is 2.54 bits per heavy atom. The van der Waals surface area contributed by atoms with Crippen molar-refractivity contribution in [1.82, 2.24) is 14.4 Å². The molecule has 2 aromatic heterocycles. The molecule has 1 aliphatic carbocycles. The number of aromatic nitrogens is 1. The number of nitrogens with zero attached hydrogens (tertiary/aromatic N) is 3. The Hall–Kier alpha value is -1.66. The van der Waals surface area contributed by atoms with Gasteiger partial charge in [-0.05, 0) is 32.3 Å². The smallest absolute Gasteiger partial charge is 0.260 e. The highest BCUT2D eigenvalue weighted by molar-refractivity contribution is 7.19. The fourth-order valence-corrected chi connectivity index (χ4v) is 5.88. The van der Waals surface area contributed by atoms with Crippen LogP contribution < -0.4 is 5.56 Å². The lowest BCUT2D eigenvalue weighted by atomic mass is 9.94. The molecule has 2 fully saturated rings. The monoisotopic (exact) mass is 401 g/mol. The second-order valence-corrected chi connectivity index (χ2v) is 9.46. The molecule has 1 saturated carbocycles. The molecule has 0 unspecified atom stereocenters. The van der Waals surface area contributed by atoms with Crippen molar-refractivity contribution in [2.24, 2.45) is 0 Å². The molecule has 1 aliphatic heterocycles. The van der Waals surface area contributed by atoms with Crippen molar-refractivity contribution in [2.75, 3.05) is 26.2 Å². The molecule has 0 spiro atoms. The highest BCUT2D eigenvalue weighted by Gasteiger charge is 2.30. The zero-order chi connectivity index (χ0) is 19.7. The first-order chi connectivity index (χ1) is 13.6. The Morgan fingerprint density at radius 1 is 1.14 bits per heavy atom. The average Bonchev–Trinajstić information content (AvgIpc) is 3.07. The van der Waals surface area contributed by atoms with Crippen LogP contribution >= 0.6 is 11.3 Å². The van der Waals surface area contributed by atoms with E-state index in [0.29, 0.717) is 23.5 Å². The number of carbonyl (C=O) groups excluding carboxylic acids is 1. The molecule has 4 rings (SSSR count). The van der Waals surface area contributed by atoms with Gasteiger partial charge >= 0.3 is 0 Å². The van der Waals surface area contributed by atoms with E-state index >= 15 is 0 Å². The Morgan fingerprint density at radius 2 is 1.86 bits per heavy atom. The van der Waals surface area contributed by atoms with Crippen LogP contribution in [0.25, 0.3) is 10.1 Å². The normalized spacial score (nSPS) is 19.4. The quantitative estimate of drug-likeness (QED) is 0.781. The summed E-state index contributed by atoms with van der Waals surface area (Å²) in [6, 6.07) is 2.69. The number of pyridine rings is 1. The summed E-state index contributed by atoms with van der Waals surface area (Å²) in [6.07, 6.45) is 9.43. The number of hydrogen-bond donors (Lipinski definition) is 0. The van der Waals surface area contributed by atoms with E-state index in [0.717, 1.165) is 42.2 Å². The third-order valence-electron chi connectivity index (χ3n) is 6.36. The molecule has 0 atom stereocenters. The molecule has 5 nitrogen and oxygen atoms in total. The molecular formula is C22H31N3O2S. The molecule has 3 heterocycles. The van der Waals surface area contributed by atoms with Crippen molar-refractivity contribution < 1.29 is 4.79 Å². The van der Waals surface area contributed by atoms with E-state index in [9.17, 15) is 9.59 Å². The summed E-state index contributed by atoms with van der Waals surface area (Å²) in [6.45, 7) is 8.17. The van der Waals surface area contributed by atoms with Gasteiger partial charge in [0.05, 0.1) is 10.9 Å². The van der Waals surface area contributed by atoms with Gasteiger partial charge in [0.2, 0.25) is 0 Å². The maximum Gasteiger partial charge on any atom is 0.260 e. The first-order valence-corrected chi connectivity index (χ1v) is 11.6. The van der Waals surface area contributed by atoms with Gasteiger partial charge in [-0.2, -0.15) is 0 Å². The minimum absolute atomic E-state index is 0.0205. The minimum atomic E-state index is -0.0205. The standard InChI is InChI=1S/C22H31N3O2S/c1-3-10-24-11-9-18-20(22(24)27)19(16(2)28-18)21(26)25-14-12-23(13-15-25)17-7-5-4-6-8-17/h9,11,17H,3-8,10,12-15H2,1-2H3. The van der Waals surface area contributed by atoms with Gasteiger partial charge in [-0.25, -0.2) is 0 Å². The molecule has 1 amide bonds. The van der Waals surface area contributed by atoms with E-state index in [2.05, 4.69) is 11.8 Å². The lowest BCUT2D eigenvalue weighted by Gasteiger charge is -2.40. The van der Waals surface area contributed by atoms with E-state index < -0.39 is 0 Å². The lowest BCUT2D eigenvalue weighted by Crippen LogP contribution is -2.52. The number of piperazine rings is 1. The maximum atomic E-state index is 13.4. The molecule has 6 heteroatoms. The van der Waals surface area contributed by atoms with Gasteiger partial charge in [0.25, 0.3) is 11.5 Å². The Kier molecular flexibility index (Phi) is 5.88. The number of fused-ring (bicyclic) bond motifs is 1. The summed E-state index contributed by atoms with van der Waals surface area (Å²) in [5, 5.41) is 0.623. The van der Waals surface area contributed by atoms with Crippen LogP contribution in [0.15, 0.2) is 17.1 Å². The summed E-state index contributed by atoms with van der Waals surface area (Å²) >= 11 is 1.56. The molecule has 0 N–H and O–H groups in total. The first-order valence-electron chi connectivity index (χ1n) is 10.8. The molecule has 0 radical (unpaired) electrons. The summed E-state index contributed by atoms with van der Waals surface area (Å²) in [5.74, 6) is 0.0402. The molecule has 28 heavy (non-hydrogen) atoms. The molecule has 0 bridgehead atoms. The minimum Gasteiger partial charge on any atom is -0.336 e. The second kappa shape index (κ2) is 8.37. The summed E-state index contributed by atoms with van der Waals surface area (Å²) < 4.78 is 2.67. The van der Waals surface area contributed by atoms with Crippen molar-refractivity contribution in [2.45, 2.75) is 65.0 Å². The summed E-state index contributed by atoms with van der Waals surface area (Å²) in [4.78, 5) is 31.9. The van der Waals surface area contributed by atoms with Gasteiger partial charge in [0, 0.05) is 54.5 Å². The van der Waals surface area contributed by atoms with Crippen molar-refractivity contribution in [3.05, 3.63) is 33.1 Å². The van der Waals surface area contributed by atoms with Crippen molar-refractivity contribution >= 4 is 27.3 Å². The lowest BCUT2D eigenvalue weighted by molar-refractivity contribution is 0.0524. The van der Waals surface area contributed by atoms with Crippen LogP contribution in [0.4, 0.5) is 0 Å². The topological polar surface area (TPSA) is 45.6 Å². The number of aryl methyl sites for hydroxylation is 2. The van der Waals surface area contributed by atoms with Crippen LogP contribution in [0.2, 0.25) is 0 Å². The Bertz CT molecular complexity index is 902. The number of rotatable bonds is 4. The van der Waals surface area contributed by atoms with Gasteiger partial charge < -0.3 is 9.47 Å². The third-order valence-corrected chi connectivity index (χ3v) is 7.43. The zero-order valence-corrected chi connectivity index (χ0v) is 17.9. The van der Waals surface area contributed by atoms with Gasteiger partial charge in [-0.1, -0.05) is 26.2 Å². The van der Waals surface area contributed by atoms with E-state index in [1.165, 1.54) is 32.1 Å². The van der Waals surface area contributed by atoms with Crippen LogP contribution in [0, 0.1) is 6.92 Å². The molecule has 2 aliphatic rings. The molecule has 152 valence electrons. The number of thiophene rings is 1. The fraction of sp³-hybridized carbons (Fsp3) is 0.636. The number of carbonyl (C=O) groups is 1. The SMILES string of the molecule is CCCn1ccc2sc(C)c(C(=O)N3CCN(C4CCCCC4)CC3)c2c1=O. The van der Waals surface area contributed by atoms with Gasteiger partial charge in [-0.15, -0.1) is 11.3 Å². The Balaban J connectivity index is 1.55. The molecular weight excluding hydrogens is 370 g/mol. The van der Waals surface area contributed by atoms with Crippen molar-refractivity contribution in [3.8, 4) is 0 Å². The largest absolute Gasteiger partial charge is 0.336 e. The molecule has 2 aromatic rings. The average molecular weight is 402 g/mol. The van der Waals surface area contributed by atoms with E-state index in [-0.39, 0.29) is 11.5 Å². The van der Waals surface area contributed by atoms with Crippen LogP contribution in [-0.2, 0) is 6.54 Å². The first kappa shape index (κ1) is 19.6. The highest BCUT2D eigenvalue weighted by Crippen LogP contribution is 2.30. The van der Waals surface area contributed by atoms with Gasteiger partial charge in [-0.3, -0.25) is 14.5 Å². The van der Waals surface area contributed by atoms with E-state index in [1.807, 2.05) is 24.1 Å². The van der Waals surface area contributed by atoms with Crippen LogP contribution in [0.3, 0.4) is 0 Å². The molecule has 0 aromatic carbocycles. The number of hydrogen-bond acceptors (Lipinski definition) is 4. The van der Waals surface area contributed by atoms with Crippen molar-refractivity contribution in [3.63, 3.8) is 0 Å². The summed E-state index contributed by atoms with van der Waals surface area (Å²) in [7, 11) is 0. The maximum absolute atomic E-state index is 13.4. The van der Waals surface area contributed by atoms with Gasteiger partial charge in [0.1, 0.15) is 0 Å². The molecule has 1 saturated heterocycles. The van der Waals surface area contributed by atoms with Gasteiger partial charge in [0.15, 0.2) is 0 Å². The third kappa shape index (κ3) is 3.64. The number of amides is 1. The van der Waals surface area contributed by atoms with Crippen LogP contribution in [0.1, 0.15) is 60.7 Å². The highest BCUT2D eigenvalue weighted by atomic mass is 32.1. The van der Waals surface area contributed by atoms with E-state index in [1.54, 1.807) is 15.9 Å². The Labute approximate surface area is 170 Å². The predicted molar refractivity (Wildman–Crippen MR) is 115 cm³/mol. The summed E-state index contributed by atoms with van der Waals surface area (Å²) in [5.41, 5.74) is 0.620. The van der Waals surface area contributed by atoms with Crippen molar-refractivity contribution in [1.29, 1.82) is 0 Å². The zero-order valence-electron chi connectivity index (χ0n) is 17.1.